The van der Waals surface area contributed by atoms with E-state index in [-0.39, 0.29) is 16.1 Å². The van der Waals surface area contributed by atoms with Crippen LogP contribution in [0.2, 0.25) is 0 Å². The van der Waals surface area contributed by atoms with E-state index in [0.717, 1.165) is 29.8 Å². The Morgan fingerprint density at radius 3 is 2.20 bits per heavy atom. The molecule has 14 heteroatoms. The largest absolute Gasteiger partial charge is 0.490 e. The van der Waals surface area contributed by atoms with Gasteiger partial charge in [0.1, 0.15) is 0 Å². The maximum atomic E-state index is 12.7. The molecule has 0 aliphatic rings. The number of aromatic nitrogens is 2. The number of hydrogen-bond acceptors (Lipinski definition) is 6. The maximum absolute atomic E-state index is 12.7. The lowest BCUT2D eigenvalue weighted by atomic mass is 10.1. The Bertz CT molecular complexity index is 1490. The summed E-state index contributed by atoms with van der Waals surface area (Å²) in [4.78, 5) is 22.8. The second kappa shape index (κ2) is 12.9. The van der Waals surface area contributed by atoms with Gasteiger partial charge in [0, 0.05) is 32.0 Å². The third-order valence-corrected chi connectivity index (χ3v) is 7.39. The van der Waals surface area contributed by atoms with Crippen LogP contribution in [0.15, 0.2) is 47.4 Å². The molecular weight excluding hydrogens is 553 g/mol. The summed E-state index contributed by atoms with van der Waals surface area (Å²) in [6.07, 6.45) is -3.42. The summed E-state index contributed by atoms with van der Waals surface area (Å²) in [7, 11) is -0.0697. The summed E-state index contributed by atoms with van der Waals surface area (Å²) >= 11 is 0. The predicted molar refractivity (Wildman–Crippen MR) is 143 cm³/mol. The zero-order valence-electron chi connectivity index (χ0n) is 22.6. The number of carbonyl (C=O) groups is 2. The van der Waals surface area contributed by atoms with Crippen LogP contribution in [0.5, 0.6) is 0 Å². The Morgan fingerprint density at radius 1 is 1.07 bits per heavy atom. The Hall–Kier alpha value is -4.07. The highest BCUT2D eigenvalue weighted by molar-refractivity contribution is 7.92. The van der Waals surface area contributed by atoms with Gasteiger partial charge in [0.2, 0.25) is 0 Å². The quantitative estimate of drug-likeness (QED) is 0.333. The number of nitrogens with one attached hydrogen (secondary N) is 1. The van der Waals surface area contributed by atoms with E-state index in [1.807, 2.05) is 50.5 Å². The van der Waals surface area contributed by atoms with E-state index < -0.39 is 28.1 Å². The number of aryl methyl sites for hydroxylation is 3. The molecule has 1 aromatic heterocycles. The van der Waals surface area contributed by atoms with Gasteiger partial charge in [-0.3, -0.25) is 9.40 Å². The topological polar surface area (TPSA) is 142 Å². The van der Waals surface area contributed by atoms with Gasteiger partial charge in [0.05, 0.1) is 21.8 Å². The van der Waals surface area contributed by atoms with Crippen molar-refractivity contribution in [2.75, 3.05) is 23.2 Å². The van der Waals surface area contributed by atoms with Crippen LogP contribution in [0.4, 0.5) is 24.5 Å². The third-order valence-electron chi connectivity index (χ3n) is 6.01. The third kappa shape index (κ3) is 8.46. The van der Waals surface area contributed by atoms with Crippen LogP contribution in [0.1, 0.15) is 39.3 Å². The molecule has 0 fully saturated rings. The smallest absolute Gasteiger partial charge is 0.478 e. The molecule has 3 aromatic rings. The van der Waals surface area contributed by atoms with Gasteiger partial charge in [-0.05, 0) is 75.1 Å². The van der Waals surface area contributed by atoms with Gasteiger partial charge in [0.25, 0.3) is 10.0 Å². The first-order valence-corrected chi connectivity index (χ1v) is 13.4. The van der Waals surface area contributed by atoms with E-state index in [1.165, 1.54) is 17.7 Å². The highest BCUT2D eigenvalue weighted by atomic mass is 32.2. The van der Waals surface area contributed by atoms with Crippen LogP contribution >= 0.6 is 0 Å². The number of sulfonamides is 1. The van der Waals surface area contributed by atoms with E-state index in [2.05, 4.69) is 9.82 Å². The van der Waals surface area contributed by atoms with Gasteiger partial charge in [-0.15, -0.1) is 0 Å². The van der Waals surface area contributed by atoms with Crippen molar-refractivity contribution in [3.63, 3.8) is 0 Å². The number of nitrogens with zero attached hydrogens (tertiary/aromatic N) is 3. The minimum absolute atomic E-state index is 0.0377. The molecule has 0 bridgehead atoms. The Morgan fingerprint density at radius 2 is 1.70 bits per heavy atom. The average Bonchev–Trinajstić information content (AvgIpc) is 3.09. The zero-order chi connectivity index (χ0) is 30.4. The number of benzene rings is 2. The normalized spacial score (nSPS) is 11.4. The molecule has 0 amide bonds. The SMILES string of the molecule is Cc1cccc(S(=O)(=O)Nc2ccc(N(C)CCCc3c(C)nn(C)c3C)c(C(=O)O)c2)c1.O=C(O)C(F)(F)F. The minimum Gasteiger partial charge on any atom is -0.478 e. The lowest BCUT2D eigenvalue weighted by molar-refractivity contribution is -0.192. The van der Waals surface area contributed by atoms with Crippen molar-refractivity contribution in [2.45, 2.75) is 44.7 Å². The highest BCUT2D eigenvalue weighted by Gasteiger charge is 2.38. The van der Waals surface area contributed by atoms with E-state index in [0.29, 0.717) is 12.2 Å². The number of carboxylic acid groups (broad SMARTS) is 2. The molecule has 0 aliphatic carbocycles. The maximum Gasteiger partial charge on any atom is 0.490 e. The molecule has 0 spiro atoms. The summed E-state index contributed by atoms with van der Waals surface area (Å²) < 4.78 is 61.5. The van der Waals surface area contributed by atoms with Crippen LogP contribution in [-0.4, -0.2) is 60.1 Å². The number of hydrogen-bond donors (Lipinski definition) is 3. The van der Waals surface area contributed by atoms with E-state index in [1.54, 1.807) is 24.3 Å². The monoisotopic (exact) mass is 584 g/mol. The van der Waals surface area contributed by atoms with E-state index in [4.69, 9.17) is 9.90 Å². The summed E-state index contributed by atoms with van der Waals surface area (Å²) in [5.74, 6) is -3.88. The van der Waals surface area contributed by atoms with Gasteiger partial charge in [-0.1, -0.05) is 12.1 Å². The lowest BCUT2D eigenvalue weighted by Gasteiger charge is -2.22. The van der Waals surface area contributed by atoms with Crippen molar-refractivity contribution >= 4 is 33.3 Å². The average molecular weight is 585 g/mol. The van der Waals surface area contributed by atoms with E-state index in [9.17, 15) is 31.5 Å². The summed E-state index contributed by atoms with van der Waals surface area (Å²) in [5, 5.41) is 21.3. The number of aliphatic carboxylic acids is 1. The van der Waals surface area contributed by atoms with Gasteiger partial charge >= 0.3 is 18.1 Å². The highest BCUT2D eigenvalue weighted by Crippen LogP contribution is 2.26. The van der Waals surface area contributed by atoms with Crippen molar-refractivity contribution in [2.24, 2.45) is 7.05 Å². The fraction of sp³-hybridized carbons (Fsp3) is 0.346. The predicted octanol–water partition coefficient (Wildman–Crippen LogP) is 4.55. The standard InChI is InChI=1S/C24H30N4O4S.C2HF3O2/c1-16-8-6-9-20(14-16)33(31,32)26-19-11-12-23(22(15-19)24(29)30)27(4)13-7-10-21-17(2)25-28(5)18(21)3;3-2(4,5)1(6)7/h6,8-9,11-12,14-15,26H,7,10,13H2,1-5H3,(H,29,30);(H,6,7). The van der Waals surface area contributed by atoms with Crippen molar-refractivity contribution < 1.29 is 41.4 Å². The van der Waals surface area contributed by atoms with Crippen LogP contribution < -0.4 is 9.62 Å². The van der Waals surface area contributed by atoms with Crippen LogP contribution in [-0.2, 0) is 28.3 Å². The van der Waals surface area contributed by atoms with Crippen molar-refractivity contribution in [1.29, 1.82) is 0 Å². The molecule has 3 rings (SSSR count). The van der Waals surface area contributed by atoms with Crippen molar-refractivity contribution in [1.82, 2.24) is 9.78 Å². The molecule has 0 atom stereocenters. The fourth-order valence-electron chi connectivity index (χ4n) is 3.89. The van der Waals surface area contributed by atoms with Gasteiger partial charge in [-0.25, -0.2) is 18.0 Å². The molecule has 0 aliphatic heterocycles. The van der Waals surface area contributed by atoms with Crippen LogP contribution in [0, 0.1) is 20.8 Å². The number of aromatic carboxylic acids is 1. The lowest BCUT2D eigenvalue weighted by Crippen LogP contribution is -2.22. The number of halogens is 3. The Balaban J connectivity index is 0.000000708. The Labute approximate surface area is 230 Å². The summed E-state index contributed by atoms with van der Waals surface area (Å²) in [6.45, 7) is 6.48. The summed E-state index contributed by atoms with van der Waals surface area (Å²) in [6, 6.07) is 11.1. The van der Waals surface area contributed by atoms with E-state index >= 15 is 0 Å². The zero-order valence-corrected chi connectivity index (χ0v) is 23.4. The number of alkyl halides is 3. The van der Waals surface area contributed by atoms with Crippen molar-refractivity contribution in [3.8, 4) is 0 Å². The molecule has 1 heterocycles. The molecule has 2 aromatic carbocycles. The van der Waals surface area contributed by atoms with Gasteiger partial charge in [0.15, 0.2) is 0 Å². The van der Waals surface area contributed by atoms with Crippen LogP contribution in [0.25, 0.3) is 0 Å². The number of carboxylic acids is 2. The molecule has 40 heavy (non-hydrogen) atoms. The van der Waals surface area contributed by atoms with Gasteiger partial charge in [-0.2, -0.15) is 18.3 Å². The molecule has 0 saturated heterocycles. The Kier molecular flexibility index (Phi) is 10.3. The minimum atomic E-state index is -5.08. The first-order valence-electron chi connectivity index (χ1n) is 11.9. The molecular formula is C26H31F3N4O6S. The van der Waals surface area contributed by atoms with Gasteiger partial charge < -0.3 is 15.1 Å². The van der Waals surface area contributed by atoms with Crippen LogP contribution in [0.3, 0.4) is 0 Å². The summed E-state index contributed by atoms with van der Waals surface area (Å²) in [5.41, 5.74) is 4.94. The number of rotatable bonds is 9. The molecule has 0 radical (unpaired) electrons. The second-order valence-corrected chi connectivity index (χ2v) is 10.7. The first kappa shape index (κ1) is 32.1. The molecule has 0 saturated carbocycles. The molecule has 218 valence electrons. The number of anilines is 2. The molecule has 3 N–H and O–H groups in total. The molecule has 10 nitrogen and oxygen atoms in total. The molecule has 0 unspecified atom stereocenters. The second-order valence-electron chi connectivity index (χ2n) is 9.06. The van der Waals surface area contributed by atoms with Crippen molar-refractivity contribution in [3.05, 3.63) is 70.5 Å². The first-order chi connectivity index (χ1) is 18.4. The fourth-order valence-corrected chi connectivity index (χ4v) is 5.05.